The molecular weight excluding hydrogens is 409 g/mol. The van der Waals surface area contributed by atoms with Crippen LogP contribution in [0.1, 0.15) is 43.0 Å². The lowest BCUT2D eigenvalue weighted by molar-refractivity contribution is -0.137. The van der Waals surface area contributed by atoms with Gasteiger partial charge in [0.2, 0.25) is 0 Å². The summed E-state index contributed by atoms with van der Waals surface area (Å²) in [5.41, 5.74) is 0.801. The molecule has 8 heteroatoms. The van der Waals surface area contributed by atoms with Gasteiger partial charge in [-0.2, -0.15) is 13.2 Å². The van der Waals surface area contributed by atoms with Crippen molar-refractivity contribution in [1.82, 2.24) is 10.2 Å². The molecule has 0 saturated carbocycles. The van der Waals surface area contributed by atoms with Crippen LogP contribution in [0.2, 0.25) is 0 Å². The monoisotopic (exact) mass is 436 g/mol. The Hall–Kier alpha value is -2.90. The zero-order valence-electron chi connectivity index (χ0n) is 17.8. The summed E-state index contributed by atoms with van der Waals surface area (Å²) in [6.07, 6.45) is -3.57. The molecule has 0 unspecified atom stereocenters. The van der Waals surface area contributed by atoms with Crippen molar-refractivity contribution in [3.63, 3.8) is 0 Å². The molecule has 2 aromatic rings. The number of nitrogens with one attached hydrogen (secondary N) is 1. The number of nitrogens with zero attached hydrogens (tertiary/aromatic N) is 1. The number of alkyl halides is 3. The minimum atomic E-state index is -4.38. The Morgan fingerprint density at radius 3 is 2.32 bits per heavy atom. The molecule has 1 N–H and O–H groups in total. The molecule has 5 nitrogen and oxygen atoms in total. The van der Waals surface area contributed by atoms with Gasteiger partial charge < -0.3 is 19.7 Å². The molecule has 0 aliphatic carbocycles. The van der Waals surface area contributed by atoms with Crippen molar-refractivity contribution < 1.29 is 27.4 Å². The van der Waals surface area contributed by atoms with Crippen molar-refractivity contribution in [1.29, 1.82) is 0 Å². The maximum Gasteiger partial charge on any atom is 0.416 e. The Bertz CT molecular complexity index is 898. The molecule has 1 heterocycles. The first-order valence-electron chi connectivity index (χ1n) is 10.2. The molecule has 0 radical (unpaired) electrons. The van der Waals surface area contributed by atoms with Gasteiger partial charge in [0.15, 0.2) is 11.5 Å². The van der Waals surface area contributed by atoms with Crippen LogP contribution in [-0.4, -0.2) is 31.2 Å². The van der Waals surface area contributed by atoms with Crippen molar-refractivity contribution in [2.24, 2.45) is 5.92 Å². The zero-order valence-corrected chi connectivity index (χ0v) is 17.8. The van der Waals surface area contributed by atoms with Crippen molar-refractivity contribution in [2.75, 3.05) is 20.3 Å². The summed E-state index contributed by atoms with van der Waals surface area (Å²) in [6.45, 7) is 5.38. The average Bonchev–Trinajstić information content (AvgIpc) is 2.96. The van der Waals surface area contributed by atoms with Crippen LogP contribution >= 0.6 is 0 Å². The molecule has 0 aromatic heterocycles. The third kappa shape index (κ3) is 5.83. The molecule has 0 fully saturated rings. The fraction of sp³-hybridized carbons (Fsp3) is 0.435. The SMILES string of the molecule is CC(C)[C@H](NC(=O)N(C)Cc1ccc(C(F)(F)F)cc1)c1ccc2c(c1)OCCCO2. The molecule has 0 saturated heterocycles. The van der Waals surface area contributed by atoms with E-state index in [0.717, 1.165) is 24.1 Å². The quantitative estimate of drug-likeness (QED) is 0.682. The molecule has 31 heavy (non-hydrogen) atoms. The summed E-state index contributed by atoms with van der Waals surface area (Å²) in [7, 11) is 1.61. The van der Waals surface area contributed by atoms with Gasteiger partial charge in [0, 0.05) is 20.0 Å². The summed E-state index contributed by atoms with van der Waals surface area (Å²) >= 11 is 0. The van der Waals surface area contributed by atoms with Gasteiger partial charge in [-0.25, -0.2) is 4.79 Å². The van der Waals surface area contributed by atoms with Crippen LogP contribution < -0.4 is 14.8 Å². The topological polar surface area (TPSA) is 50.8 Å². The minimum Gasteiger partial charge on any atom is -0.490 e. The van der Waals surface area contributed by atoms with Crippen LogP contribution in [0.5, 0.6) is 11.5 Å². The molecule has 2 aromatic carbocycles. The molecule has 1 aliphatic rings. The average molecular weight is 436 g/mol. The van der Waals surface area contributed by atoms with E-state index in [1.165, 1.54) is 17.0 Å². The molecule has 1 atom stereocenters. The first kappa shape index (κ1) is 22.8. The highest BCUT2D eigenvalue weighted by atomic mass is 19.4. The van der Waals surface area contributed by atoms with Crippen molar-refractivity contribution in [3.8, 4) is 11.5 Å². The number of ether oxygens (including phenoxy) is 2. The maximum atomic E-state index is 12.8. The lowest BCUT2D eigenvalue weighted by Gasteiger charge is -2.27. The summed E-state index contributed by atoms with van der Waals surface area (Å²) in [6, 6.07) is 9.89. The molecule has 1 aliphatic heterocycles. The predicted molar refractivity (Wildman–Crippen MR) is 111 cm³/mol. The molecule has 0 spiro atoms. The van der Waals surface area contributed by atoms with Gasteiger partial charge in [0.25, 0.3) is 0 Å². The van der Waals surface area contributed by atoms with Gasteiger partial charge >= 0.3 is 12.2 Å². The number of halogens is 3. The van der Waals surface area contributed by atoms with Gasteiger partial charge in [0.05, 0.1) is 24.8 Å². The van der Waals surface area contributed by atoms with Crippen molar-refractivity contribution >= 4 is 6.03 Å². The number of benzene rings is 2. The van der Waals surface area contributed by atoms with E-state index in [1.54, 1.807) is 7.05 Å². The van der Waals surface area contributed by atoms with Crippen LogP contribution in [0.25, 0.3) is 0 Å². The lowest BCUT2D eigenvalue weighted by Crippen LogP contribution is -2.40. The van der Waals surface area contributed by atoms with E-state index in [4.69, 9.17) is 9.47 Å². The Balaban J connectivity index is 1.68. The van der Waals surface area contributed by atoms with Crippen LogP contribution in [-0.2, 0) is 12.7 Å². The third-order valence-corrected chi connectivity index (χ3v) is 5.12. The standard InChI is InChI=1S/C23H27F3N2O3/c1-15(2)21(17-7-10-19-20(13-17)31-12-4-11-30-19)27-22(29)28(3)14-16-5-8-18(9-6-16)23(24,25)26/h5-10,13,15,21H,4,11-12,14H2,1-3H3,(H,27,29)/t21-/m0/s1. The number of hydrogen-bond donors (Lipinski definition) is 1. The first-order chi connectivity index (χ1) is 14.6. The van der Waals surface area contributed by atoms with Gasteiger partial charge in [-0.15, -0.1) is 0 Å². The van der Waals surface area contributed by atoms with Gasteiger partial charge in [-0.3, -0.25) is 0 Å². The number of carbonyl (C=O) groups is 1. The van der Waals surface area contributed by atoms with Crippen molar-refractivity contribution in [3.05, 3.63) is 59.2 Å². The number of rotatable bonds is 5. The lowest BCUT2D eigenvalue weighted by atomic mass is 9.95. The van der Waals surface area contributed by atoms with E-state index in [9.17, 15) is 18.0 Å². The minimum absolute atomic E-state index is 0.105. The summed E-state index contributed by atoms with van der Waals surface area (Å²) in [4.78, 5) is 14.2. The van der Waals surface area contributed by atoms with Crippen molar-refractivity contribution in [2.45, 2.75) is 39.0 Å². The predicted octanol–water partition coefficient (Wildman–Crippen LogP) is 5.41. The van der Waals surface area contributed by atoms with Gasteiger partial charge in [-0.05, 0) is 41.3 Å². The van der Waals surface area contributed by atoms with Crippen LogP contribution in [0.15, 0.2) is 42.5 Å². The highest BCUT2D eigenvalue weighted by Gasteiger charge is 2.30. The van der Waals surface area contributed by atoms with E-state index >= 15 is 0 Å². The molecule has 0 bridgehead atoms. The van der Waals surface area contributed by atoms with E-state index in [1.807, 2.05) is 32.0 Å². The van der Waals surface area contributed by atoms with Crippen LogP contribution in [0, 0.1) is 5.92 Å². The summed E-state index contributed by atoms with van der Waals surface area (Å²) < 4.78 is 49.6. The normalized spacial score (nSPS) is 14.7. The van der Waals surface area contributed by atoms with E-state index in [2.05, 4.69) is 5.32 Å². The number of amides is 2. The van der Waals surface area contributed by atoms with Gasteiger partial charge in [-0.1, -0.05) is 32.0 Å². The first-order valence-corrected chi connectivity index (χ1v) is 10.2. The Morgan fingerprint density at radius 1 is 1.06 bits per heavy atom. The van der Waals surface area contributed by atoms with E-state index < -0.39 is 11.7 Å². The zero-order chi connectivity index (χ0) is 22.6. The fourth-order valence-corrected chi connectivity index (χ4v) is 3.40. The number of urea groups is 1. The smallest absolute Gasteiger partial charge is 0.416 e. The highest BCUT2D eigenvalue weighted by molar-refractivity contribution is 5.74. The summed E-state index contributed by atoms with van der Waals surface area (Å²) in [5.74, 6) is 1.45. The summed E-state index contributed by atoms with van der Waals surface area (Å²) in [5, 5.41) is 3.02. The Kier molecular flexibility index (Phi) is 6.97. The molecule has 168 valence electrons. The van der Waals surface area contributed by atoms with E-state index in [0.29, 0.717) is 30.3 Å². The highest BCUT2D eigenvalue weighted by Crippen LogP contribution is 2.34. The Labute approximate surface area is 180 Å². The fourth-order valence-electron chi connectivity index (χ4n) is 3.40. The second-order valence-electron chi connectivity index (χ2n) is 7.98. The van der Waals surface area contributed by atoms with Crippen LogP contribution in [0.4, 0.5) is 18.0 Å². The maximum absolute atomic E-state index is 12.8. The second-order valence-corrected chi connectivity index (χ2v) is 7.98. The second kappa shape index (κ2) is 9.49. The number of fused-ring (bicyclic) bond motifs is 1. The largest absolute Gasteiger partial charge is 0.490 e. The van der Waals surface area contributed by atoms with E-state index in [-0.39, 0.29) is 24.5 Å². The number of carbonyl (C=O) groups excluding carboxylic acids is 1. The van der Waals surface area contributed by atoms with Crippen LogP contribution in [0.3, 0.4) is 0 Å². The Morgan fingerprint density at radius 2 is 1.71 bits per heavy atom. The third-order valence-electron chi connectivity index (χ3n) is 5.12. The molecular formula is C23H27F3N2O3. The van der Waals surface area contributed by atoms with Gasteiger partial charge in [0.1, 0.15) is 0 Å². The number of hydrogen-bond acceptors (Lipinski definition) is 3. The molecule has 3 rings (SSSR count). The molecule has 2 amide bonds.